The number of methoxy groups -OCH3 is 2. The van der Waals surface area contributed by atoms with E-state index in [1.54, 1.807) is 26.4 Å². The molecule has 4 saturated heterocycles. The molecule has 18 heteroatoms. The first-order valence-electron chi connectivity index (χ1n) is 41.5. The van der Waals surface area contributed by atoms with E-state index in [4.69, 9.17) is 56.2 Å². The first-order chi connectivity index (χ1) is 49.3. The monoisotopic (exact) mass is 1490 g/mol. The number of ether oxygens (including phenoxy) is 10. The zero-order chi connectivity index (χ0) is 76.1. The summed E-state index contributed by atoms with van der Waals surface area (Å²) in [5.41, 5.74) is 4.43. The maximum atomic E-state index is 15.0. The van der Waals surface area contributed by atoms with Crippen LogP contribution in [0.15, 0.2) is 36.4 Å². The van der Waals surface area contributed by atoms with Gasteiger partial charge in [-0.1, -0.05) is 149 Å². The highest BCUT2D eigenvalue weighted by Gasteiger charge is 2.50. The molecule has 5 heterocycles. The smallest absolute Gasteiger partial charge is 0.342 e. The summed E-state index contributed by atoms with van der Waals surface area (Å²) >= 11 is 0. The minimum Gasteiger partial charge on any atom is -0.507 e. The van der Waals surface area contributed by atoms with Gasteiger partial charge in [-0.25, -0.2) is 9.59 Å². The van der Waals surface area contributed by atoms with E-state index in [0.29, 0.717) is 85.0 Å². The predicted molar refractivity (Wildman–Crippen MR) is 421 cm³/mol. The minimum atomic E-state index is -2.11. The molecule has 2 N–H and O–H groups in total. The number of carbonyl (C=O) groups excluding carboxylic acids is 2. The molecule has 104 heavy (non-hydrogen) atoms. The van der Waals surface area contributed by atoms with Gasteiger partial charge in [-0.2, -0.15) is 0 Å². The molecule has 0 aliphatic carbocycles. The SMILES string of the molecule is COCO[C@@H](C[C@@H]1CCC[C@H](C(C)(C)CO[Si](C(C)C)(C(C)C)C(C)C)O1)C[C@H]1OC(=O)c2c(O)cccc2CCC[C@H]2CCC[C@@H](CC[C@H](C)[C@@H](C[C@H](C[C@@H]3CCC[C@H](C(C)(C)CO[Si](C(C)C)(C(C)C)C(C)C)O3)OCOC)OC(=O)c3c(O)cccc3CCC[C@H]3CCC[C@@H](CC[C@@H]1C)O3)O2. The van der Waals surface area contributed by atoms with E-state index in [0.717, 1.165) is 140 Å². The molecule has 0 saturated carbocycles. The molecule has 2 aromatic rings. The van der Waals surface area contributed by atoms with Crippen LogP contribution in [0.1, 0.15) is 311 Å². The van der Waals surface area contributed by atoms with Crippen LogP contribution in [0.25, 0.3) is 0 Å². The number of hydrogen-bond acceptors (Lipinski definition) is 16. The Kier molecular flexibility index (Phi) is 35.5. The molecule has 16 nitrogen and oxygen atoms in total. The quantitative estimate of drug-likeness (QED) is 0.0465. The molecule has 7 rings (SSSR count). The van der Waals surface area contributed by atoms with Gasteiger partial charge in [-0.15, -0.1) is 0 Å². The minimum absolute atomic E-state index is 0.00539. The van der Waals surface area contributed by atoms with Gasteiger partial charge in [-0.3, -0.25) is 0 Å². The van der Waals surface area contributed by atoms with E-state index in [1.807, 2.05) is 24.3 Å². The van der Waals surface area contributed by atoms with E-state index in [9.17, 15) is 10.2 Å². The van der Waals surface area contributed by atoms with Crippen LogP contribution in [-0.4, -0.2) is 153 Å². The second kappa shape index (κ2) is 41.9. The fourth-order valence-corrected chi connectivity index (χ4v) is 30.6. The van der Waals surface area contributed by atoms with Crippen molar-refractivity contribution in [1.29, 1.82) is 0 Å². The van der Waals surface area contributed by atoms with E-state index in [1.165, 1.54) is 0 Å². The summed E-state index contributed by atoms with van der Waals surface area (Å²) in [7, 11) is -0.941. The largest absolute Gasteiger partial charge is 0.507 e. The number of esters is 2. The summed E-state index contributed by atoms with van der Waals surface area (Å²) in [5, 5.41) is 23.4. The third kappa shape index (κ3) is 24.5. The molecule has 5 aliphatic heterocycles. The van der Waals surface area contributed by atoms with Crippen LogP contribution in [0, 0.1) is 22.7 Å². The molecular weight excluding hydrogens is 1350 g/mol. The Labute approximate surface area is 633 Å². The Balaban J connectivity index is 1.10. The highest BCUT2D eigenvalue weighted by molar-refractivity contribution is 6.78. The van der Waals surface area contributed by atoms with Crippen LogP contribution in [0.2, 0.25) is 33.2 Å². The van der Waals surface area contributed by atoms with Gasteiger partial charge in [0.15, 0.2) is 16.6 Å². The molecule has 0 amide bonds. The third-order valence-corrected chi connectivity index (χ3v) is 37.4. The highest BCUT2D eigenvalue weighted by atomic mass is 28.4. The lowest BCUT2D eigenvalue weighted by Gasteiger charge is -2.46. The van der Waals surface area contributed by atoms with Crippen molar-refractivity contribution in [3.63, 3.8) is 0 Å². The molecule has 0 radical (unpaired) electrons. The molecule has 596 valence electrons. The number of phenols is 2. The summed E-state index contributed by atoms with van der Waals surface area (Å²) in [6, 6.07) is 10.7. The van der Waals surface area contributed by atoms with Crippen LogP contribution in [0.5, 0.6) is 11.5 Å². The van der Waals surface area contributed by atoms with Gasteiger partial charge in [-0.05, 0) is 210 Å². The fourth-order valence-electron chi connectivity index (χ4n) is 19.4. The molecule has 14 atom stereocenters. The number of cyclic esters (lactones) is 2. The van der Waals surface area contributed by atoms with Gasteiger partial charge >= 0.3 is 11.9 Å². The Bertz CT molecular complexity index is 2610. The number of benzene rings is 2. The number of aromatic hydroxyl groups is 2. The standard InChI is InChI=1S/C86H148O16Si2/c1-57(2)103(58(3)4,59(5)6)95-53-85(15,16)79-43-27-39-71(99-79)49-73(93-55-91-19)51-77-63(13)45-47-69-37-25-35-67(97-69)34-22-30-66-32-24-42-76(88)82(66)84(90)102-78(64(14)46-48-70-38-26-36-68(98-70)33-21-29-65-31-23-41-75(87)81(65)83(89)101-77)52-74(94-56-92-20)50-72-40-28-44-80(100-72)86(17,18)54-96-104(60(7)8,61(9)10)62(11)12/h23-24,31-32,41-42,57-64,67-74,77-80,87-88H,21-22,25-30,33-40,43-56H2,1-20H3/t63-,64-,67-,68-,69-,70-,71-,72-,73-,74-,77+,78+,79+,80+/m0/s1. The summed E-state index contributed by atoms with van der Waals surface area (Å²) in [5.74, 6) is -1.42. The predicted octanol–water partition coefficient (Wildman–Crippen LogP) is 21.1. The first-order valence-corrected chi connectivity index (χ1v) is 45.8. The van der Waals surface area contributed by atoms with Gasteiger partial charge in [0, 0.05) is 63.9 Å². The normalized spacial score (nSPS) is 27.7. The van der Waals surface area contributed by atoms with Crippen molar-refractivity contribution in [2.24, 2.45) is 22.7 Å². The number of phenolic OH excluding ortho intramolecular Hbond substituents is 2. The van der Waals surface area contributed by atoms with Gasteiger partial charge in [0.25, 0.3) is 0 Å². The zero-order valence-electron chi connectivity index (χ0n) is 68.8. The molecule has 0 unspecified atom stereocenters. The lowest BCUT2D eigenvalue weighted by atomic mass is 9.82. The number of hydrogen-bond donors (Lipinski definition) is 2. The van der Waals surface area contributed by atoms with Crippen molar-refractivity contribution in [2.75, 3.05) is 41.0 Å². The van der Waals surface area contributed by atoms with Crippen molar-refractivity contribution in [3.8, 4) is 11.5 Å². The summed E-state index contributed by atoms with van der Waals surface area (Å²) in [4.78, 5) is 30.1. The van der Waals surface area contributed by atoms with Crippen molar-refractivity contribution in [3.05, 3.63) is 58.7 Å². The van der Waals surface area contributed by atoms with Crippen LogP contribution in [0.4, 0.5) is 0 Å². The Hall–Kier alpha value is -2.99. The molecular formula is C86H148O16Si2. The Morgan fingerprint density at radius 2 is 0.760 bits per heavy atom. The summed E-state index contributed by atoms with van der Waals surface area (Å²) in [6.45, 7) is 43.1. The van der Waals surface area contributed by atoms with Gasteiger partial charge in [0.2, 0.25) is 0 Å². The van der Waals surface area contributed by atoms with E-state index >= 15 is 9.59 Å². The molecule has 0 spiro atoms. The zero-order valence-corrected chi connectivity index (χ0v) is 70.8. The molecule has 0 aromatic heterocycles. The van der Waals surface area contributed by atoms with Crippen LogP contribution in [-0.2, 0) is 69.1 Å². The number of fused-ring (bicyclic) bond motifs is 6. The van der Waals surface area contributed by atoms with Crippen LogP contribution >= 0.6 is 0 Å². The summed E-state index contributed by atoms with van der Waals surface area (Å²) < 4.78 is 80.6. The third-order valence-electron chi connectivity index (χ3n) is 25.3. The van der Waals surface area contributed by atoms with Gasteiger partial charge < -0.3 is 66.4 Å². The topological polar surface area (TPSA) is 185 Å². The maximum Gasteiger partial charge on any atom is 0.342 e. The van der Waals surface area contributed by atoms with Crippen molar-refractivity contribution < 1.29 is 76.0 Å². The number of rotatable bonds is 28. The van der Waals surface area contributed by atoms with Crippen molar-refractivity contribution in [2.45, 2.75) is 398 Å². The van der Waals surface area contributed by atoms with E-state index in [-0.39, 0.29) is 120 Å². The number of carbonyl (C=O) groups is 2. The lowest BCUT2D eigenvalue weighted by molar-refractivity contribution is -0.146. The fraction of sp³-hybridized carbons (Fsp3) is 0.837. The number of aryl methyl sites for hydroxylation is 2. The Morgan fingerprint density at radius 3 is 1.10 bits per heavy atom. The lowest BCUT2D eigenvalue weighted by Crippen LogP contribution is -2.51. The highest BCUT2D eigenvalue weighted by Crippen LogP contribution is 2.47. The summed E-state index contributed by atoms with van der Waals surface area (Å²) in [6.07, 6.45) is 18.9. The average Bonchev–Trinajstić information content (AvgIpc) is 0.814. The average molecular weight is 1490 g/mol. The van der Waals surface area contributed by atoms with Gasteiger partial charge in [0.05, 0.1) is 61.0 Å². The second-order valence-corrected chi connectivity index (χ2v) is 46.8. The van der Waals surface area contributed by atoms with Crippen molar-refractivity contribution in [1.82, 2.24) is 0 Å². The molecule has 4 fully saturated rings. The second-order valence-electron chi connectivity index (χ2n) is 35.9. The van der Waals surface area contributed by atoms with Crippen LogP contribution < -0.4 is 0 Å². The van der Waals surface area contributed by atoms with E-state index in [2.05, 4.69) is 125 Å². The van der Waals surface area contributed by atoms with Gasteiger partial charge in [0.1, 0.15) is 48.4 Å². The molecule has 5 aliphatic rings. The maximum absolute atomic E-state index is 15.0. The Morgan fingerprint density at radius 1 is 0.433 bits per heavy atom. The molecule has 4 bridgehead atoms. The van der Waals surface area contributed by atoms with Crippen molar-refractivity contribution >= 4 is 28.6 Å². The molecule has 2 aromatic carbocycles. The van der Waals surface area contributed by atoms with E-state index < -0.39 is 40.8 Å². The first kappa shape index (κ1) is 88.2. The van der Waals surface area contributed by atoms with Crippen LogP contribution in [0.3, 0.4) is 0 Å².